The van der Waals surface area contributed by atoms with E-state index in [1.807, 2.05) is 42.5 Å². The predicted molar refractivity (Wildman–Crippen MR) is 130 cm³/mol. The lowest BCUT2D eigenvalue weighted by Crippen LogP contribution is -2.21. The minimum absolute atomic E-state index is 0.0625. The smallest absolute Gasteiger partial charge is 0.345 e. The van der Waals surface area contributed by atoms with Crippen LogP contribution in [0.3, 0.4) is 0 Å². The number of carbonyl (C=O) groups is 1. The fourth-order valence-corrected chi connectivity index (χ4v) is 5.27. The van der Waals surface area contributed by atoms with E-state index in [0.29, 0.717) is 50.7 Å². The van der Waals surface area contributed by atoms with Crippen LogP contribution in [-0.4, -0.2) is 37.9 Å². The molecule has 1 aliphatic rings. The number of aromatic nitrogens is 3. The Morgan fingerprint density at radius 2 is 2.00 bits per heavy atom. The van der Waals surface area contributed by atoms with Crippen LogP contribution in [0, 0.1) is 0 Å². The summed E-state index contributed by atoms with van der Waals surface area (Å²) >= 11 is 6.36. The summed E-state index contributed by atoms with van der Waals surface area (Å²) in [6.07, 6.45) is 0. The Labute approximate surface area is 199 Å². The van der Waals surface area contributed by atoms with Crippen molar-refractivity contribution in [2.24, 2.45) is 5.10 Å². The maximum Gasteiger partial charge on any atom is 0.345 e. The van der Waals surface area contributed by atoms with E-state index < -0.39 is 5.63 Å². The van der Waals surface area contributed by atoms with E-state index in [2.05, 4.69) is 31.2 Å². The number of hydrogen-bond acceptors (Lipinski definition) is 8. The molecule has 5 rings (SSSR count). The van der Waals surface area contributed by atoms with Crippen molar-refractivity contribution in [1.29, 1.82) is 0 Å². The third kappa shape index (κ3) is 4.30. The van der Waals surface area contributed by atoms with E-state index in [9.17, 15) is 9.59 Å². The molecule has 0 aliphatic carbocycles. The first-order chi connectivity index (χ1) is 15.6. The van der Waals surface area contributed by atoms with E-state index in [1.165, 1.54) is 23.5 Å². The number of ketones is 1. The van der Waals surface area contributed by atoms with Crippen molar-refractivity contribution < 1.29 is 9.21 Å². The highest BCUT2D eigenvalue weighted by Crippen LogP contribution is 2.26. The van der Waals surface area contributed by atoms with Gasteiger partial charge in [0.1, 0.15) is 5.58 Å². The molecule has 0 spiro atoms. The standard InChI is InChI=1S/C22H15BrN4O3S2/c23-15-6-7-19-14(8-15)9-16(21(29)30-19)17-10-32-22-25-24-20(27(22)26-17)12-31-11-18(28)13-4-2-1-3-5-13/h1-9H,10-12H2. The minimum Gasteiger partial charge on any atom is -0.422 e. The van der Waals surface area contributed by atoms with Gasteiger partial charge in [0.2, 0.25) is 5.16 Å². The molecular weight excluding hydrogens is 512 g/mol. The Hall–Kier alpha value is -2.69. The van der Waals surface area contributed by atoms with Gasteiger partial charge in [0.05, 0.1) is 22.8 Å². The Kier molecular flexibility index (Phi) is 5.99. The summed E-state index contributed by atoms with van der Waals surface area (Å²) < 4.78 is 8.03. The van der Waals surface area contributed by atoms with E-state index in [4.69, 9.17) is 4.42 Å². The van der Waals surface area contributed by atoms with Crippen molar-refractivity contribution in [1.82, 2.24) is 14.9 Å². The molecule has 0 unspecified atom stereocenters. The van der Waals surface area contributed by atoms with Gasteiger partial charge in [0.15, 0.2) is 11.6 Å². The van der Waals surface area contributed by atoms with Crippen molar-refractivity contribution in [2.45, 2.75) is 10.9 Å². The van der Waals surface area contributed by atoms with Gasteiger partial charge < -0.3 is 4.42 Å². The van der Waals surface area contributed by atoms with Gasteiger partial charge in [-0.2, -0.15) is 9.78 Å². The van der Waals surface area contributed by atoms with Crippen molar-refractivity contribution in [3.63, 3.8) is 0 Å². The number of halogens is 1. The molecule has 10 heteroatoms. The van der Waals surface area contributed by atoms with Gasteiger partial charge in [-0.25, -0.2) is 4.79 Å². The molecular formula is C22H15BrN4O3S2. The largest absolute Gasteiger partial charge is 0.422 e. The lowest BCUT2D eigenvalue weighted by atomic mass is 10.1. The van der Waals surface area contributed by atoms with Crippen LogP contribution in [0.25, 0.3) is 11.0 Å². The molecule has 0 bridgehead atoms. The second-order valence-corrected chi connectivity index (χ2v) is 9.80. The molecule has 0 amide bonds. The number of hydrogen-bond donors (Lipinski definition) is 0. The first kappa shape index (κ1) is 21.2. The highest BCUT2D eigenvalue weighted by Gasteiger charge is 2.22. The Bertz CT molecular complexity index is 1420. The van der Waals surface area contributed by atoms with Gasteiger partial charge in [0.25, 0.3) is 0 Å². The lowest BCUT2D eigenvalue weighted by molar-refractivity contribution is 0.102. The Morgan fingerprint density at radius 1 is 1.16 bits per heavy atom. The average Bonchev–Trinajstić information content (AvgIpc) is 3.21. The molecule has 0 radical (unpaired) electrons. The van der Waals surface area contributed by atoms with Gasteiger partial charge in [-0.3, -0.25) is 4.79 Å². The highest BCUT2D eigenvalue weighted by atomic mass is 79.9. The van der Waals surface area contributed by atoms with Crippen molar-refractivity contribution in [3.8, 4) is 0 Å². The van der Waals surface area contributed by atoms with Gasteiger partial charge in [-0.15, -0.1) is 22.0 Å². The third-order valence-corrected chi connectivity index (χ3v) is 7.15. The van der Waals surface area contributed by atoms with Crippen LogP contribution in [-0.2, 0) is 5.75 Å². The Balaban J connectivity index is 1.38. The van der Waals surface area contributed by atoms with E-state index in [1.54, 1.807) is 16.8 Å². The summed E-state index contributed by atoms with van der Waals surface area (Å²) in [5, 5.41) is 14.5. The van der Waals surface area contributed by atoms with Crippen molar-refractivity contribution >= 4 is 61.9 Å². The molecule has 32 heavy (non-hydrogen) atoms. The number of carbonyl (C=O) groups excluding carboxylic acids is 1. The fraction of sp³-hybridized carbons (Fsp3) is 0.136. The molecule has 3 heterocycles. The van der Waals surface area contributed by atoms with Crippen LogP contribution in [0.5, 0.6) is 0 Å². The summed E-state index contributed by atoms with van der Waals surface area (Å²) in [5.74, 6) is 1.99. The zero-order valence-corrected chi connectivity index (χ0v) is 19.7. The number of fused-ring (bicyclic) bond motifs is 2. The Morgan fingerprint density at radius 3 is 2.84 bits per heavy atom. The maximum absolute atomic E-state index is 12.6. The van der Waals surface area contributed by atoms with Crippen LogP contribution >= 0.6 is 39.5 Å². The van der Waals surface area contributed by atoms with Gasteiger partial charge in [-0.1, -0.05) is 58.0 Å². The average molecular weight is 527 g/mol. The monoisotopic (exact) mass is 526 g/mol. The van der Waals surface area contributed by atoms with Crippen molar-refractivity contribution in [2.75, 3.05) is 11.5 Å². The normalized spacial score (nSPS) is 13.1. The summed E-state index contributed by atoms with van der Waals surface area (Å²) in [6, 6.07) is 16.5. The molecule has 7 nitrogen and oxygen atoms in total. The first-order valence-corrected chi connectivity index (χ1v) is 12.6. The molecule has 4 aromatic rings. The molecule has 0 fully saturated rings. The van der Waals surface area contributed by atoms with Gasteiger partial charge in [-0.05, 0) is 24.3 Å². The maximum atomic E-state index is 12.6. The summed E-state index contributed by atoms with van der Waals surface area (Å²) in [5.41, 5.74) is 1.80. The summed E-state index contributed by atoms with van der Waals surface area (Å²) in [4.78, 5) is 24.9. The number of Topliss-reactive ketones (excluding diaryl/α,β-unsaturated/α-hetero) is 1. The second-order valence-electron chi connectivity index (χ2n) is 6.96. The lowest BCUT2D eigenvalue weighted by Gasteiger charge is -2.13. The van der Waals surface area contributed by atoms with Gasteiger partial charge >= 0.3 is 5.63 Å². The molecule has 1 aliphatic heterocycles. The van der Waals surface area contributed by atoms with E-state index >= 15 is 0 Å². The number of benzene rings is 2. The highest BCUT2D eigenvalue weighted by molar-refractivity contribution is 9.10. The van der Waals surface area contributed by atoms with Crippen LogP contribution in [0.2, 0.25) is 0 Å². The summed E-state index contributed by atoms with van der Waals surface area (Å²) in [7, 11) is 0. The summed E-state index contributed by atoms with van der Waals surface area (Å²) in [6.45, 7) is 0. The zero-order chi connectivity index (χ0) is 22.1. The fourth-order valence-electron chi connectivity index (χ4n) is 3.23. The topological polar surface area (TPSA) is 90.3 Å². The van der Waals surface area contributed by atoms with Crippen LogP contribution in [0.1, 0.15) is 21.7 Å². The molecule has 2 aromatic carbocycles. The van der Waals surface area contributed by atoms with Crippen molar-refractivity contribution in [3.05, 3.63) is 86.4 Å². The number of rotatable bonds is 6. The SMILES string of the molecule is O=C(CSCc1nnc2n1N=C(c1cc3cc(Br)ccc3oc1=O)CS2)c1ccccc1. The zero-order valence-electron chi connectivity index (χ0n) is 16.5. The van der Waals surface area contributed by atoms with E-state index in [-0.39, 0.29) is 5.78 Å². The van der Waals surface area contributed by atoms with Crippen LogP contribution < -0.4 is 5.63 Å². The number of nitrogens with zero attached hydrogens (tertiary/aromatic N) is 4. The minimum atomic E-state index is -0.430. The molecule has 0 atom stereocenters. The number of thioether (sulfide) groups is 2. The van der Waals surface area contributed by atoms with Gasteiger partial charge in [0, 0.05) is 21.2 Å². The van der Waals surface area contributed by atoms with Crippen LogP contribution in [0.4, 0.5) is 0 Å². The van der Waals surface area contributed by atoms with E-state index in [0.717, 1.165) is 9.86 Å². The first-order valence-electron chi connectivity index (χ1n) is 9.63. The predicted octanol–water partition coefficient (Wildman–Crippen LogP) is 4.62. The molecule has 0 saturated heterocycles. The second kappa shape index (κ2) is 9.05. The molecule has 160 valence electrons. The van der Waals surface area contributed by atoms with Crippen LogP contribution in [0.15, 0.2) is 78.5 Å². The molecule has 0 N–H and O–H groups in total. The third-order valence-electron chi connectivity index (χ3n) is 4.80. The quantitative estimate of drug-likeness (QED) is 0.267. The molecule has 2 aromatic heterocycles. The molecule has 0 saturated carbocycles.